The van der Waals surface area contributed by atoms with E-state index < -0.39 is 11.8 Å². The van der Waals surface area contributed by atoms with Gasteiger partial charge in [-0.1, -0.05) is 28.9 Å². The molecule has 0 aliphatic rings. The maximum Gasteiger partial charge on any atom is 0.276 e. The topological polar surface area (TPSA) is 88.7 Å². The van der Waals surface area contributed by atoms with Crippen LogP contribution in [0.25, 0.3) is 0 Å². The van der Waals surface area contributed by atoms with E-state index in [4.69, 9.17) is 21.7 Å². The lowest BCUT2D eigenvalue weighted by atomic mass is 10.1. The number of hydrogen-bond acceptors (Lipinski definition) is 5. The van der Waals surface area contributed by atoms with Crippen LogP contribution in [0.15, 0.2) is 40.9 Å². The quantitative estimate of drug-likeness (QED) is 0.403. The molecule has 3 N–H and O–H groups in total. The van der Waals surface area contributed by atoms with Crippen molar-refractivity contribution in [3.05, 3.63) is 57.6 Å². The minimum absolute atomic E-state index is 0.0545. The van der Waals surface area contributed by atoms with Crippen molar-refractivity contribution in [2.75, 3.05) is 13.2 Å². The average molecular weight is 494 g/mol. The van der Waals surface area contributed by atoms with E-state index in [-0.39, 0.29) is 11.7 Å². The van der Waals surface area contributed by atoms with E-state index >= 15 is 0 Å². The molecule has 0 spiro atoms. The molecule has 0 saturated heterocycles. The zero-order valence-electron chi connectivity index (χ0n) is 17.0. The Hall–Kier alpha value is -2.65. The summed E-state index contributed by atoms with van der Waals surface area (Å²) in [6, 6.07) is 10.8. The smallest absolute Gasteiger partial charge is 0.276 e. The number of benzene rings is 2. The van der Waals surface area contributed by atoms with E-state index in [9.17, 15) is 9.59 Å². The summed E-state index contributed by atoms with van der Waals surface area (Å²) in [4.78, 5) is 24.5. The van der Waals surface area contributed by atoms with Crippen molar-refractivity contribution in [2.45, 2.75) is 27.2 Å². The Bertz CT molecular complexity index is 916. The molecule has 0 aliphatic heterocycles. The van der Waals surface area contributed by atoms with Crippen molar-refractivity contribution in [1.29, 1.82) is 0 Å². The van der Waals surface area contributed by atoms with Crippen molar-refractivity contribution < 1.29 is 19.1 Å². The third-order valence-electron chi connectivity index (χ3n) is 3.76. The Balaban J connectivity index is 1.84. The molecule has 2 amide bonds. The van der Waals surface area contributed by atoms with Crippen molar-refractivity contribution in [2.24, 2.45) is 0 Å². The standard InChI is InChI=1S/C21H24BrN3O4S/c1-4-7-28-18-6-5-15(22)11-17(18)20(27)23-21(30)25-24-19(26)12-29-16-9-13(2)8-14(3)10-16/h5-6,8-11H,4,7,12H2,1-3H3,(H,24,26)(H2,23,25,27,30). The highest BCUT2D eigenvalue weighted by Gasteiger charge is 2.15. The monoisotopic (exact) mass is 493 g/mol. The van der Waals surface area contributed by atoms with Crippen LogP contribution in [0.1, 0.15) is 34.8 Å². The van der Waals surface area contributed by atoms with Gasteiger partial charge in [0.15, 0.2) is 11.7 Å². The van der Waals surface area contributed by atoms with E-state index in [1.54, 1.807) is 18.2 Å². The average Bonchev–Trinajstić information content (AvgIpc) is 2.69. The van der Waals surface area contributed by atoms with Crippen LogP contribution < -0.4 is 25.6 Å². The minimum Gasteiger partial charge on any atom is -0.493 e. The van der Waals surface area contributed by atoms with Crippen molar-refractivity contribution in [3.63, 3.8) is 0 Å². The summed E-state index contributed by atoms with van der Waals surface area (Å²) in [6.45, 7) is 6.16. The number of carbonyl (C=O) groups excluding carboxylic acids is 2. The molecule has 0 unspecified atom stereocenters. The van der Waals surface area contributed by atoms with E-state index in [0.717, 1.165) is 22.0 Å². The number of nitrogens with one attached hydrogen (secondary N) is 3. The van der Waals surface area contributed by atoms with Gasteiger partial charge in [0.2, 0.25) is 0 Å². The van der Waals surface area contributed by atoms with E-state index in [0.29, 0.717) is 23.7 Å². The maximum absolute atomic E-state index is 12.5. The first-order valence-corrected chi connectivity index (χ1v) is 10.5. The highest BCUT2D eigenvalue weighted by molar-refractivity contribution is 9.10. The number of halogens is 1. The SMILES string of the molecule is CCCOc1ccc(Br)cc1C(=O)NC(=S)NNC(=O)COc1cc(C)cc(C)c1. The lowest BCUT2D eigenvalue weighted by Gasteiger charge is -2.14. The molecule has 0 bridgehead atoms. The second kappa shape index (κ2) is 11.5. The molecule has 7 nitrogen and oxygen atoms in total. The first-order chi connectivity index (χ1) is 14.3. The van der Waals surface area contributed by atoms with Gasteiger partial charge in [-0.3, -0.25) is 25.8 Å². The first kappa shape index (κ1) is 23.6. The van der Waals surface area contributed by atoms with Crippen LogP contribution in [0.2, 0.25) is 0 Å². The summed E-state index contributed by atoms with van der Waals surface area (Å²) >= 11 is 8.41. The van der Waals surface area contributed by atoms with Crippen LogP contribution in [-0.2, 0) is 4.79 Å². The van der Waals surface area contributed by atoms with E-state index in [1.807, 2.05) is 39.0 Å². The lowest BCUT2D eigenvalue weighted by molar-refractivity contribution is -0.123. The van der Waals surface area contributed by atoms with E-state index in [2.05, 4.69) is 32.1 Å². The Morgan fingerprint density at radius 3 is 2.40 bits per heavy atom. The molecule has 0 aliphatic carbocycles. The Morgan fingerprint density at radius 2 is 1.73 bits per heavy atom. The molecule has 9 heteroatoms. The van der Waals surface area contributed by atoms with Crippen LogP contribution in [0.4, 0.5) is 0 Å². The largest absolute Gasteiger partial charge is 0.493 e. The summed E-state index contributed by atoms with van der Waals surface area (Å²) in [6.07, 6.45) is 0.813. The number of hydrogen-bond donors (Lipinski definition) is 3. The van der Waals surface area contributed by atoms with Crippen molar-refractivity contribution in [1.82, 2.24) is 16.2 Å². The fraction of sp³-hybridized carbons (Fsp3) is 0.286. The first-order valence-electron chi connectivity index (χ1n) is 9.32. The van der Waals surface area contributed by atoms with Crippen molar-refractivity contribution >= 4 is 45.1 Å². The molecular weight excluding hydrogens is 470 g/mol. The van der Waals surface area contributed by atoms with Gasteiger partial charge in [0.1, 0.15) is 11.5 Å². The number of hydrazine groups is 1. The van der Waals surface area contributed by atoms with Crippen LogP contribution in [0.3, 0.4) is 0 Å². The highest BCUT2D eigenvalue weighted by Crippen LogP contribution is 2.23. The fourth-order valence-electron chi connectivity index (χ4n) is 2.55. The van der Waals surface area contributed by atoms with Crippen LogP contribution >= 0.6 is 28.1 Å². The molecule has 2 rings (SSSR count). The molecule has 0 fully saturated rings. The molecular formula is C21H24BrN3O4S. The minimum atomic E-state index is -0.458. The van der Waals surface area contributed by atoms with Gasteiger partial charge in [-0.15, -0.1) is 0 Å². The maximum atomic E-state index is 12.5. The van der Waals surface area contributed by atoms with Crippen LogP contribution in [0, 0.1) is 13.8 Å². The number of amides is 2. The number of thiocarbonyl (C=S) groups is 1. The van der Waals surface area contributed by atoms with Gasteiger partial charge in [-0.2, -0.15) is 0 Å². The molecule has 2 aromatic carbocycles. The zero-order valence-corrected chi connectivity index (χ0v) is 19.4. The highest BCUT2D eigenvalue weighted by atomic mass is 79.9. The number of aryl methyl sites for hydroxylation is 2. The molecule has 0 atom stereocenters. The molecule has 0 radical (unpaired) electrons. The van der Waals surface area contributed by atoms with Gasteiger partial charge >= 0.3 is 0 Å². The van der Waals surface area contributed by atoms with Gasteiger partial charge in [-0.25, -0.2) is 0 Å². The molecule has 0 heterocycles. The van der Waals surface area contributed by atoms with Gasteiger partial charge in [0.05, 0.1) is 12.2 Å². The number of rotatable bonds is 7. The molecule has 0 saturated carbocycles. The Labute approximate surface area is 189 Å². The summed E-state index contributed by atoms with van der Waals surface area (Å²) in [5.74, 6) is 0.153. The third kappa shape index (κ3) is 7.64. The van der Waals surface area contributed by atoms with Crippen LogP contribution in [0.5, 0.6) is 11.5 Å². The number of carbonyl (C=O) groups is 2. The molecule has 30 heavy (non-hydrogen) atoms. The Morgan fingerprint density at radius 1 is 1.03 bits per heavy atom. The molecule has 160 valence electrons. The second-order valence-electron chi connectivity index (χ2n) is 6.56. The normalized spacial score (nSPS) is 10.1. The fourth-order valence-corrected chi connectivity index (χ4v) is 3.05. The number of ether oxygens (including phenoxy) is 2. The van der Waals surface area contributed by atoms with Crippen molar-refractivity contribution in [3.8, 4) is 11.5 Å². The van der Waals surface area contributed by atoms with Gasteiger partial charge in [-0.05, 0) is 73.9 Å². The second-order valence-corrected chi connectivity index (χ2v) is 7.88. The van der Waals surface area contributed by atoms with Gasteiger partial charge in [0, 0.05) is 4.47 Å². The summed E-state index contributed by atoms with van der Waals surface area (Å²) in [7, 11) is 0. The van der Waals surface area contributed by atoms with Gasteiger partial charge < -0.3 is 9.47 Å². The van der Waals surface area contributed by atoms with E-state index in [1.165, 1.54) is 0 Å². The van der Waals surface area contributed by atoms with Gasteiger partial charge in [0.25, 0.3) is 11.8 Å². The summed E-state index contributed by atoms with van der Waals surface area (Å²) in [5, 5.41) is 2.45. The lowest BCUT2D eigenvalue weighted by Crippen LogP contribution is -2.49. The Kier molecular flexibility index (Phi) is 9.07. The third-order valence-corrected chi connectivity index (χ3v) is 4.45. The molecule has 0 aromatic heterocycles. The summed E-state index contributed by atoms with van der Waals surface area (Å²) in [5.41, 5.74) is 7.29. The van der Waals surface area contributed by atoms with Crippen LogP contribution in [-0.4, -0.2) is 30.1 Å². The summed E-state index contributed by atoms with van der Waals surface area (Å²) < 4.78 is 11.8. The predicted molar refractivity (Wildman–Crippen MR) is 123 cm³/mol. The predicted octanol–water partition coefficient (Wildman–Crippen LogP) is 3.57. The molecule has 2 aromatic rings. The zero-order chi connectivity index (χ0) is 22.1.